The van der Waals surface area contributed by atoms with Crippen molar-refractivity contribution < 1.29 is 14.8 Å². The normalized spacial score (nSPS) is 11.9. The minimum Gasteiger partial charge on any atom is -0.396 e. The Bertz CT molecular complexity index is 493. The summed E-state index contributed by atoms with van der Waals surface area (Å²) >= 11 is 5.87. The second kappa shape index (κ2) is 7.81. The Balaban J connectivity index is 2.85. The first-order chi connectivity index (χ1) is 9.51. The van der Waals surface area contributed by atoms with Gasteiger partial charge in [-0.1, -0.05) is 31.0 Å². The zero-order valence-corrected chi connectivity index (χ0v) is 11.9. The van der Waals surface area contributed by atoms with Crippen LogP contribution >= 0.6 is 11.6 Å². The van der Waals surface area contributed by atoms with E-state index in [9.17, 15) is 14.9 Å². The average molecular weight is 301 g/mol. The number of carbonyl (C=O) groups excluding carboxylic acids is 1. The number of carbonyl (C=O) groups is 1. The second-order valence-corrected chi connectivity index (χ2v) is 4.79. The fourth-order valence-electron chi connectivity index (χ4n) is 1.85. The molecule has 2 N–H and O–H groups in total. The van der Waals surface area contributed by atoms with Crippen molar-refractivity contribution in [2.75, 3.05) is 13.2 Å². The number of nitro groups is 1. The van der Waals surface area contributed by atoms with Crippen molar-refractivity contribution in [1.82, 2.24) is 5.32 Å². The molecule has 1 rings (SSSR count). The summed E-state index contributed by atoms with van der Waals surface area (Å²) in [5, 5.41) is 22.5. The Morgan fingerprint density at radius 3 is 2.80 bits per heavy atom. The molecule has 0 aromatic heterocycles. The Hall–Kier alpha value is -1.66. The van der Waals surface area contributed by atoms with Gasteiger partial charge in [-0.3, -0.25) is 14.9 Å². The van der Waals surface area contributed by atoms with Crippen LogP contribution in [0.3, 0.4) is 0 Å². The third-order valence-electron chi connectivity index (χ3n) is 3.08. The molecule has 0 aliphatic heterocycles. The molecule has 7 heteroatoms. The highest BCUT2D eigenvalue weighted by molar-refractivity contribution is 6.34. The topological polar surface area (TPSA) is 92.5 Å². The number of benzene rings is 1. The molecular weight excluding hydrogens is 284 g/mol. The number of aliphatic hydroxyl groups is 1. The summed E-state index contributed by atoms with van der Waals surface area (Å²) in [6.07, 6.45) is 1.37. The standard InChI is InChI=1S/C13H17ClN2O4/c1-2-9(6-7-17)8-15-13(18)12-10(14)4-3-5-11(12)16(19)20/h3-5,9,17H,2,6-8H2,1H3,(H,15,18). The van der Waals surface area contributed by atoms with Gasteiger partial charge >= 0.3 is 0 Å². The van der Waals surface area contributed by atoms with Crippen molar-refractivity contribution in [1.29, 1.82) is 0 Å². The number of aliphatic hydroxyl groups excluding tert-OH is 1. The van der Waals surface area contributed by atoms with Crippen LogP contribution in [0.1, 0.15) is 30.1 Å². The van der Waals surface area contributed by atoms with Gasteiger partial charge in [-0.15, -0.1) is 0 Å². The van der Waals surface area contributed by atoms with E-state index in [1.54, 1.807) is 0 Å². The third-order valence-corrected chi connectivity index (χ3v) is 3.40. The Morgan fingerprint density at radius 2 is 2.25 bits per heavy atom. The smallest absolute Gasteiger partial charge is 0.283 e. The van der Waals surface area contributed by atoms with Crippen molar-refractivity contribution in [2.45, 2.75) is 19.8 Å². The van der Waals surface area contributed by atoms with E-state index in [4.69, 9.17) is 16.7 Å². The lowest BCUT2D eigenvalue weighted by Gasteiger charge is -2.14. The minimum absolute atomic E-state index is 0.0423. The molecule has 6 nitrogen and oxygen atoms in total. The molecule has 1 amide bonds. The summed E-state index contributed by atoms with van der Waals surface area (Å²) in [5.41, 5.74) is -0.441. The predicted octanol–water partition coefficient (Wildman–Crippen LogP) is 2.39. The maximum Gasteiger partial charge on any atom is 0.283 e. The molecule has 0 bridgehead atoms. The zero-order valence-electron chi connectivity index (χ0n) is 11.1. The summed E-state index contributed by atoms with van der Waals surface area (Å²) in [4.78, 5) is 22.3. The predicted molar refractivity (Wildman–Crippen MR) is 75.9 cm³/mol. The van der Waals surface area contributed by atoms with E-state index in [2.05, 4.69) is 5.32 Å². The summed E-state index contributed by atoms with van der Waals surface area (Å²) in [7, 11) is 0. The van der Waals surface area contributed by atoms with E-state index < -0.39 is 10.8 Å². The SMILES string of the molecule is CCC(CCO)CNC(=O)c1c(Cl)cccc1[N+](=O)[O-]. The van der Waals surface area contributed by atoms with Gasteiger partial charge in [0.2, 0.25) is 0 Å². The van der Waals surface area contributed by atoms with Crippen LogP contribution in [0.2, 0.25) is 5.02 Å². The molecule has 0 fully saturated rings. The molecular formula is C13H17ClN2O4. The van der Waals surface area contributed by atoms with E-state index in [-0.39, 0.29) is 28.8 Å². The van der Waals surface area contributed by atoms with Gasteiger partial charge in [-0.05, 0) is 18.4 Å². The molecule has 0 aliphatic carbocycles. The molecule has 1 aromatic rings. The summed E-state index contributed by atoms with van der Waals surface area (Å²) < 4.78 is 0. The first-order valence-electron chi connectivity index (χ1n) is 6.33. The molecule has 110 valence electrons. The lowest BCUT2D eigenvalue weighted by atomic mass is 10.0. The van der Waals surface area contributed by atoms with E-state index in [1.165, 1.54) is 18.2 Å². The first-order valence-corrected chi connectivity index (χ1v) is 6.71. The molecule has 0 heterocycles. The van der Waals surface area contributed by atoms with E-state index in [1.807, 2.05) is 6.92 Å². The van der Waals surface area contributed by atoms with Crippen LogP contribution in [0.4, 0.5) is 5.69 Å². The molecule has 20 heavy (non-hydrogen) atoms. The first kappa shape index (κ1) is 16.4. The molecule has 0 aliphatic rings. The quantitative estimate of drug-likeness (QED) is 0.597. The Morgan fingerprint density at radius 1 is 1.55 bits per heavy atom. The van der Waals surface area contributed by atoms with Crippen LogP contribution in [0, 0.1) is 16.0 Å². The molecule has 1 atom stereocenters. The number of nitrogens with zero attached hydrogens (tertiary/aromatic N) is 1. The van der Waals surface area contributed by atoms with Crippen molar-refractivity contribution in [3.63, 3.8) is 0 Å². The second-order valence-electron chi connectivity index (χ2n) is 4.39. The van der Waals surface area contributed by atoms with Crippen molar-refractivity contribution >= 4 is 23.2 Å². The maximum absolute atomic E-state index is 12.1. The third kappa shape index (κ3) is 4.18. The highest BCUT2D eigenvalue weighted by Gasteiger charge is 2.23. The number of nitro benzene ring substituents is 1. The summed E-state index contributed by atoms with van der Waals surface area (Å²) in [6.45, 7) is 2.34. The lowest BCUT2D eigenvalue weighted by molar-refractivity contribution is -0.385. The summed E-state index contributed by atoms with van der Waals surface area (Å²) in [5.74, 6) is -0.441. The van der Waals surface area contributed by atoms with Gasteiger partial charge < -0.3 is 10.4 Å². The number of halogens is 1. The number of nitrogens with one attached hydrogen (secondary N) is 1. The van der Waals surface area contributed by atoms with Gasteiger partial charge in [0.15, 0.2) is 0 Å². The van der Waals surface area contributed by atoms with Crippen LogP contribution in [0.5, 0.6) is 0 Å². The van der Waals surface area contributed by atoms with Crippen molar-refractivity contribution in [3.8, 4) is 0 Å². The van der Waals surface area contributed by atoms with Crippen LogP contribution in [-0.4, -0.2) is 29.1 Å². The molecule has 1 aromatic carbocycles. The van der Waals surface area contributed by atoms with Crippen LogP contribution < -0.4 is 5.32 Å². The molecule has 0 radical (unpaired) electrons. The van der Waals surface area contributed by atoms with Gasteiger partial charge in [0, 0.05) is 19.2 Å². The van der Waals surface area contributed by atoms with Gasteiger partial charge in [-0.2, -0.15) is 0 Å². The number of hydrogen-bond donors (Lipinski definition) is 2. The Kier molecular flexibility index (Phi) is 6.41. The molecule has 1 unspecified atom stereocenters. The van der Waals surface area contributed by atoms with Crippen LogP contribution in [0.25, 0.3) is 0 Å². The van der Waals surface area contributed by atoms with Crippen LogP contribution in [0.15, 0.2) is 18.2 Å². The molecule has 0 saturated heterocycles. The number of hydrogen-bond acceptors (Lipinski definition) is 4. The van der Waals surface area contributed by atoms with E-state index in [0.717, 1.165) is 6.42 Å². The Labute approximate surface area is 121 Å². The van der Waals surface area contributed by atoms with Gasteiger partial charge in [0.1, 0.15) is 5.56 Å². The molecule has 0 saturated carbocycles. The fourth-order valence-corrected chi connectivity index (χ4v) is 2.10. The number of amides is 1. The number of rotatable bonds is 7. The van der Waals surface area contributed by atoms with E-state index in [0.29, 0.717) is 13.0 Å². The lowest BCUT2D eigenvalue weighted by Crippen LogP contribution is -2.30. The van der Waals surface area contributed by atoms with E-state index >= 15 is 0 Å². The maximum atomic E-state index is 12.1. The monoisotopic (exact) mass is 300 g/mol. The largest absolute Gasteiger partial charge is 0.396 e. The highest BCUT2D eigenvalue weighted by Crippen LogP contribution is 2.26. The highest BCUT2D eigenvalue weighted by atomic mass is 35.5. The van der Waals surface area contributed by atoms with Crippen molar-refractivity contribution in [2.24, 2.45) is 5.92 Å². The summed E-state index contributed by atoms with van der Waals surface area (Å²) in [6, 6.07) is 4.11. The average Bonchev–Trinajstić information content (AvgIpc) is 2.42. The zero-order chi connectivity index (χ0) is 15.1. The minimum atomic E-state index is -0.633. The fraction of sp³-hybridized carbons (Fsp3) is 0.462. The molecule has 0 spiro atoms. The van der Waals surface area contributed by atoms with Crippen LogP contribution in [-0.2, 0) is 0 Å². The van der Waals surface area contributed by atoms with Gasteiger partial charge in [0.25, 0.3) is 11.6 Å². The van der Waals surface area contributed by atoms with Crippen molar-refractivity contribution in [3.05, 3.63) is 38.9 Å². The van der Waals surface area contributed by atoms with Gasteiger partial charge in [0.05, 0.1) is 9.95 Å². The van der Waals surface area contributed by atoms with Gasteiger partial charge in [-0.25, -0.2) is 0 Å².